The zero-order chi connectivity index (χ0) is 34.0. The average Bonchev–Trinajstić information content (AvgIpc) is 2.87. The molecule has 0 aromatic heterocycles. The summed E-state index contributed by atoms with van der Waals surface area (Å²) >= 11 is 0. The van der Waals surface area contributed by atoms with Crippen molar-refractivity contribution >= 4 is 0 Å². The summed E-state index contributed by atoms with van der Waals surface area (Å²) in [4.78, 5) is 0. The minimum Gasteiger partial charge on any atom is -0.399 e. The molecule has 0 fully saturated rings. The van der Waals surface area contributed by atoms with Crippen molar-refractivity contribution in [3.63, 3.8) is 0 Å². The van der Waals surface area contributed by atoms with Crippen LogP contribution in [0.4, 0.5) is 52.7 Å². The van der Waals surface area contributed by atoms with E-state index in [1.165, 1.54) is 0 Å². The van der Waals surface area contributed by atoms with Gasteiger partial charge in [-0.3, -0.25) is 0 Å². The molecule has 0 bridgehead atoms. The highest BCUT2D eigenvalue weighted by Gasteiger charge is 2.72. The van der Waals surface area contributed by atoms with E-state index < -0.39 is 63.9 Å². The molecule has 244 valence electrons. The van der Waals surface area contributed by atoms with Crippen molar-refractivity contribution in [2.24, 2.45) is 22.3 Å². The Morgan fingerprint density at radius 2 is 0.800 bits per heavy atom. The Morgan fingerprint density at radius 1 is 0.511 bits per heavy atom. The van der Waals surface area contributed by atoms with Gasteiger partial charge in [0.1, 0.15) is 0 Å². The SMILES string of the molecule is CC1(C(F)(F)F)C=C(N)C=CC1c1ccc(C(c2ccc(C3C=CC(N)=CC3(C)C(F)(F)F)cc2)(C(F)(F)F)C(F)(F)F)cc1. The molecular weight excluding hydrogens is 628 g/mol. The standard InChI is InChI=1S/C31H26F12N2/c1-25(28(32,33)34)15-21(44)11-13-23(25)17-3-7-19(8-4-17)27(30(38,39)40,31(41,42)43)20-9-5-18(6-10-20)24-14-12-22(45)16-26(24,2)29(35,36)37/h3-16,23-24H,44-45H2,1-2H3. The lowest BCUT2D eigenvalue weighted by Gasteiger charge is -2.40. The smallest absolute Gasteiger partial charge is 0.399 e. The van der Waals surface area contributed by atoms with Gasteiger partial charge in [0.2, 0.25) is 5.41 Å². The van der Waals surface area contributed by atoms with Gasteiger partial charge in [-0.2, -0.15) is 52.7 Å². The lowest BCUT2D eigenvalue weighted by molar-refractivity contribution is -0.288. The molecular formula is C31H26F12N2. The first kappa shape index (κ1) is 34.0. The van der Waals surface area contributed by atoms with E-state index in [9.17, 15) is 52.7 Å². The van der Waals surface area contributed by atoms with E-state index in [1.807, 2.05) is 0 Å². The van der Waals surface area contributed by atoms with E-state index in [1.54, 1.807) is 0 Å². The lowest BCUT2D eigenvalue weighted by Crippen LogP contribution is -2.54. The predicted octanol–water partition coefficient (Wildman–Crippen LogP) is 9.23. The second kappa shape index (κ2) is 10.6. The molecule has 0 radical (unpaired) electrons. The Kier molecular flexibility index (Phi) is 8.03. The summed E-state index contributed by atoms with van der Waals surface area (Å²) in [7, 11) is 0. The maximum atomic E-state index is 14.7. The highest BCUT2D eigenvalue weighted by Crippen LogP contribution is 2.58. The zero-order valence-electron chi connectivity index (χ0n) is 23.4. The van der Waals surface area contributed by atoms with Crippen LogP contribution in [-0.4, -0.2) is 24.7 Å². The molecule has 0 amide bonds. The number of nitrogens with two attached hydrogens (primary N) is 2. The van der Waals surface area contributed by atoms with Crippen LogP contribution in [0.1, 0.15) is 47.9 Å². The van der Waals surface area contributed by atoms with E-state index in [-0.39, 0.29) is 22.5 Å². The maximum absolute atomic E-state index is 14.7. The van der Waals surface area contributed by atoms with Crippen molar-refractivity contribution in [2.75, 3.05) is 0 Å². The minimum absolute atomic E-state index is 0.224. The summed E-state index contributed by atoms with van der Waals surface area (Å²) in [6.07, 6.45) is -16.0. The molecule has 2 aliphatic carbocycles. The van der Waals surface area contributed by atoms with Crippen molar-refractivity contribution in [3.05, 3.63) is 119 Å². The van der Waals surface area contributed by atoms with Crippen LogP contribution in [0.2, 0.25) is 0 Å². The second-order valence-electron chi connectivity index (χ2n) is 11.5. The summed E-state index contributed by atoms with van der Waals surface area (Å²) in [5, 5.41) is 0. The number of rotatable bonds is 4. The van der Waals surface area contributed by atoms with Crippen LogP contribution < -0.4 is 11.5 Å². The molecule has 2 aliphatic rings. The molecule has 2 aromatic rings. The Bertz CT molecular complexity index is 1420. The molecule has 45 heavy (non-hydrogen) atoms. The number of hydrogen-bond acceptors (Lipinski definition) is 2. The van der Waals surface area contributed by atoms with Gasteiger partial charge in [-0.05, 0) is 60.4 Å². The van der Waals surface area contributed by atoms with Gasteiger partial charge in [-0.15, -0.1) is 0 Å². The monoisotopic (exact) mass is 654 g/mol. The third-order valence-electron chi connectivity index (χ3n) is 8.67. The highest BCUT2D eigenvalue weighted by molar-refractivity contribution is 5.49. The van der Waals surface area contributed by atoms with Gasteiger partial charge in [0.05, 0.1) is 10.8 Å². The first-order valence-electron chi connectivity index (χ1n) is 13.2. The van der Waals surface area contributed by atoms with Gasteiger partial charge in [0.15, 0.2) is 0 Å². The Hall–Kier alpha value is -3.84. The number of benzene rings is 2. The van der Waals surface area contributed by atoms with Crippen LogP contribution in [0, 0.1) is 10.8 Å². The summed E-state index contributed by atoms with van der Waals surface area (Å²) in [5.74, 6) is -3.06. The molecule has 14 heteroatoms. The quantitative estimate of drug-likeness (QED) is 0.323. The van der Waals surface area contributed by atoms with Crippen molar-refractivity contribution in [2.45, 2.75) is 55.8 Å². The van der Waals surface area contributed by atoms with Gasteiger partial charge >= 0.3 is 24.7 Å². The van der Waals surface area contributed by atoms with E-state index in [4.69, 9.17) is 11.5 Å². The molecule has 0 aliphatic heterocycles. The third-order valence-corrected chi connectivity index (χ3v) is 8.67. The van der Waals surface area contributed by atoms with E-state index in [2.05, 4.69) is 0 Å². The first-order valence-corrected chi connectivity index (χ1v) is 13.2. The molecule has 4 N–H and O–H groups in total. The molecule has 2 nitrogen and oxygen atoms in total. The third kappa shape index (κ3) is 5.39. The van der Waals surface area contributed by atoms with Gasteiger partial charge in [0.25, 0.3) is 0 Å². The van der Waals surface area contributed by atoms with Crippen LogP contribution in [0.5, 0.6) is 0 Å². The van der Waals surface area contributed by atoms with Gasteiger partial charge < -0.3 is 11.5 Å². The Balaban J connectivity index is 1.85. The second-order valence-corrected chi connectivity index (χ2v) is 11.5. The predicted molar refractivity (Wildman–Crippen MR) is 142 cm³/mol. The molecule has 2 aromatic carbocycles. The van der Waals surface area contributed by atoms with Crippen molar-refractivity contribution in [1.29, 1.82) is 0 Å². The molecule has 4 unspecified atom stereocenters. The zero-order valence-corrected chi connectivity index (χ0v) is 23.4. The summed E-state index contributed by atoms with van der Waals surface area (Å²) in [5.41, 5.74) is -2.43. The average molecular weight is 655 g/mol. The largest absolute Gasteiger partial charge is 0.411 e. The fourth-order valence-corrected chi connectivity index (χ4v) is 6.08. The van der Waals surface area contributed by atoms with E-state index in [0.717, 1.165) is 74.6 Å². The van der Waals surface area contributed by atoms with Gasteiger partial charge in [-0.1, -0.05) is 60.7 Å². The molecule has 4 rings (SSSR count). The lowest BCUT2D eigenvalue weighted by atomic mass is 9.68. The fraction of sp³-hybridized carbons (Fsp3) is 0.355. The molecule has 0 spiro atoms. The van der Waals surface area contributed by atoms with Crippen LogP contribution >= 0.6 is 0 Å². The highest BCUT2D eigenvalue weighted by atomic mass is 19.4. The number of halogens is 12. The van der Waals surface area contributed by atoms with E-state index in [0.29, 0.717) is 24.3 Å². The Morgan fingerprint density at radius 3 is 1.04 bits per heavy atom. The summed E-state index contributed by atoms with van der Waals surface area (Å²) in [6, 6.07) is 4.82. The molecule has 0 heterocycles. The first-order chi connectivity index (χ1) is 20.4. The summed E-state index contributed by atoms with van der Waals surface area (Å²) in [6.45, 7) is 1.60. The van der Waals surface area contributed by atoms with Crippen LogP contribution in [0.3, 0.4) is 0 Å². The number of allylic oxidation sites excluding steroid dienone is 6. The maximum Gasteiger partial charge on any atom is 0.411 e. The van der Waals surface area contributed by atoms with Gasteiger partial charge in [-0.25, -0.2) is 0 Å². The van der Waals surface area contributed by atoms with Crippen LogP contribution in [0.15, 0.2) is 96.4 Å². The topological polar surface area (TPSA) is 52.0 Å². The normalized spacial score (nSPS) is 26.4. The molecule has 0 saturated carbocycles. The van der Waals surface area contributed by atoms with Crippen molar-refractivity contribution < 1.29 is 52.7 Å². The van der Waals surface area contributed by atoms with Crippen molar-refractivity contribution in [3.8, 4) is 0 Å². The van der Waals surface area contributed by atoms with Gasteiger partial charge in [0, 0.05) is 23.2 Å². The minimum atomic E-state index is -6.04. The molecule has 0 saturated heterocycles. The summed E-state index contributed by atoms with van der Waals surface area (Å²) < 4.78 is 172. The number of hydrogen-bond donors (Lipinski definition) is 2. The van der Waals surface area contributed by atoms with Crippen molar-refractivity contribution in [1.82, 2.24) is 0 Å². The van der Waals surface area contributed by atoms with Crippen LogP contribution in [0.25, 0.3) is 0 Å². The molecule has 4 atom stereocenters. The number of alkyl halides is 12. The van der Waals surface area contributed by atoms with E-state index >= 15 is 0 Å². The van der Waals surface area contributed by atoms with Crippen LogP contribution in [-0.2, 0) is 5.41 Å². The fourth-order valence-electron chi connectivity index (χ4n) is 6.08. The Labute approximate surface area is 249 Å².